The van der Waals surface area contributed by atoms with Crippen molar-refractivity contribution in [1.29, 1.82) is 0 Å². The monoisotopic (exact) mass is 466 g/mol. The average Bonchev–Trinajstić information content (AvgIpc) is 3.06. The molecule has 2 N–H and O–H groups in total. The van der Waals surface area contributed by atoms with Gasteiger partial charge in [-0.05, 0) is 61.4 Å². The smallest absolute Gasteiger partial charge is 0.163 e. The zero-order valence-electron chi connectivity index (χ0n) is 20.8. The number of ketones is 1. The Morgan fingerprint density at radius 3 is 2.37 bits per heavy atom. The lowest BCUT2D eigenvalue weighted by Gasteiger charge is -2.31. The summed E-state index contributed by atoms with van der Waals surface area (Å²) in [5.74, 6) is 1.18. The number of ether oxygens (including phenoxy) is 1. The predicted octanol–water partition coefficient (Wildman–Crippen LogP) is 7.41. The molecule has 35 heavy (non-hydrogen) atoms. The molecule has 0 saturated heterocycles. The molecule has 0 fully saturated rings. The average molecular weight is 467 g/mol. The first-order valence-corrected chi connectivity index (χ1v) is 12.8. The summed E-state index contributed by atoms with van der Waals surface area (Å²) in [7, 11) is 0. The summed E-state index contributed by atoms with van der Waals surface area (Å²) in [6.07, 6.45) is 3.34. The SMILES string of the molecule is CCc1ccc(C2CC(=O)C3=C(C2)Nc2ccccc2NC3c2ccccc2OC(C)CC)cc1. The lowest BCUT2D eigenvalue weighted by molar-refractivity contribution is -0.116. The highest BCUT2D eigenvalue weighted by Crippen LogP contribution is 2.45. The fraction of sp³-hybridized carbons (Fsp3) is 0.323. The Hall–Kier alpha value is -3.53. The zero-order valence-corrected chi connectivity index (χ0v) is 20.8. The number of aryl methyl sites for hydroxylation is 1. The number of carbonyl (C=O) groups is 1. The van der Waals surface area contributed by atoms with E-state index < -0.39 is 0 Å². The van der Waals surface area contributed by atoms with E-state index in [1.807, 2.05) is 30.3 Å². The first-order valence-electron chi connectivity index (χ1n) is 12.8. The maximum Gasteiger partial charge on any atom is 0.163 e. The number of fused-ring (bicyclic) bond motifs is 1. The van der Waals surface area contributed by atoms with Crippen molar-refractivity contribution in [2.24, 2.45) is 0 Å². The van der Waals surface area contributed by atoms with Gasteiger partial charge in [0.15, 0.2) is 5.78 Å². The summed E-state index contributed by atoms with van der Waals surface area (Å²) in [5, 5.41) is 7.33. The summed E-state index contributed by atoms with van der Waals surface area (Å²) in [4.78, 5) is 13.8. The molecular weight excluding hydrogens is 432 g/mol. The molecule has 4 nitrogen and oxygen atoms in total. The van der Waals surface area contributed by atoms with Crippen molar-refractivity contribution in [1.82, 2.24) is 0 Å². The Morgan fingerprint density at radius 1 is 0.914 bits per heavy atom. The Labute approximate surface area is 208 Å². The van der Waals surface area contributed by atoms with Crippen LogP contribution in [0.5, 0.6) is 5.75 Å². The van der Waals surface area contributed by atoms with E-state index in [9.17, 15) is 4.79 Å². The summed E-state index contributed by atoms with van der Waals surface area (Å²) in [6.45, 7) is 6.37. The van der Waals surface area contributed by atoms with Crippen molar-refractivity contribution in [2.45, 2.75) is 64.5 Å². The van der Waals surface area contributed by atoms with Gasteiger partial charge in [-0.1, -0.05) is 68.4 Å². The molecule has 1 heterocycles. The van der Waals surface area contributed by atoms with Gasteiger partial charge in [0, 0.05) is 23.3 Å². The lowest BCUT2D eigenvalue weighted by Crippen LogP contribution is -2.27. The van der Waals surface area contributed by atoms with Crippen LogP contribution in [0.3, 0.4) is 0 Å². The topological polar surface area (TPSA) is 50.4 Å². The number of hydrogen-bond acceptors (Lipinski definition) is 4. The Morgan fingerprint density at radius 2 is 1.63 bits per heavy atom. The van der Waals surface area contributed by atoms with Crippen LogP contribution in [0.1, 0.15) is 68.7 Å². The first-order chi connectivity index (χ1) is 17.1. The molecule has 3 aromatic carbocycles. The number of carbonyl (C=O) groups excluding carboxylic acids is 1. The van der Waals surface area contributed by atoms with Crippen LogP contribution >= 0.6 is 0 Å². The van der Waals surface area contributed by atoms with Gasteiger partial charge in [0.2, 0.25) is 0 Å². The quantitative estimate of drug-likeness (QED) is 0.397. The number of hydrogen-bond donors (Lipinski definition) is 2. The van der Waals surface area contributed by atoms with E-state index in [0.29, 0.717) is 6.42 Å². The van der Waals surface area contributed by atoms with E-state index in [1.54, 1.807) is 0 Å². The largest absolute Gasteiger partial charge is 0.490 e. The molecule has 1 aliphatic heterocycles. The number of anilines is 2. The Bertz CT molecular complexity index is 1240. The molecule has 0 amide bonds. The molecule has 180 valence electrons. The van der Waals surface area contributed by atoms with Gasteiger partial charge >= 0.3 is 0 Å². The third-order valence-electron chi connectivity index (χ3n) is 7.30. The van der Waals surface area contributed by atoms with Crippen molar-refractivity contribution in [3.8, 4) is 5.75 Å². The van der Waals surface area contributed by atoms with E-state index in [-0.39, 0.29) is 23.8 Å². The Balaban J connectivity index is 1.58. The molecule has 3 unspecified atom stereocenters. The van der Waals surface area contributed by atoms with E-state index in [4.69, 9.17) is 4.74 Å². The van der Waals surface area contributed by atoms with Crippen LogP contribution in [0, 0.1) is 0 Å². The van der Waals surface area contributed by atoms with E-state index in [2.05, 4.69) is 73.9 Å². The third-order valence-corrected chi connectivity index (χ3v) is 7.30. The zero-order chi connectivity index (χ0) is 24.4. The van der Waals surface area contributed by atoms with Gasteiger partial charge in [0.25, 0.3) is 0 Å². The van der Waals surface area contributed by atoms with Crippen LogP contribution in [-0.4, -0.2) is 11.9 Å². The number of nitrogens with one attached hydrogen (secondary N) is 2. The fourth-order valence-electron chi connectivity index (χ4n) is 5.11. The number of para-hydroxylation sites is 3. The van der Waals surface area contributed by atoms with Gasteiger partial charge in [0.05, 0.1) is 23.5 Å². The molecule has 0 spiro atoms. The molecule has 0 bridgehead atoms. The van der Waals surface area contributed by atoms with Crippen molar-refractivity contribution in [3.63, 3.8) is 0 Å². The van der Waals surface area contributed by atoms with Gasteiger partial charge in [-0.25, -0.2) is 0 Å². The standard InChI is InChI=1S/C31H34N2O2/c1-4-20(3)35-29-13-9-6-10-24(29)31-30-27(32-25-11-7-8-12-26(25)33-31)18-23(19-28(30)34)22-16-14-21(5-2)15-17-22/h6-17,20,23,31-33H,4-5,18-19H2,1-3H3. The second-order valence-electron chi connectivity index (χ2n) is 9.64. The predicted molar refractivity (Wildman–Crippen MR) is 143 cm³/mol. The summed E-state index contributed by atoms with van der Waals surface area (Å²) in [6, 6.07) is 24.8. The fourth-order valence-corrected chi connectivity index (χ4v) is 5.11. The molecule has 4 heteroatoms. The molecule has 0 saturated carbocycles. The summed E-state index contributed by atoms with van der Waals surface area (Å²) < 4.78 is 6.31. The molecule has 5 rings (SSSR count). The third kappa shape index (κ3) is 4.70. The maximum atomic E-state index is 13.8. The van der Waals surface area contributed by atoms with Crippen molar-refractivity contribution >= 4 is 17.2 Å². The minimum absolute atomic E-state index is 0.0957. The molecule has 0 radical (unpaired) electrons. The van der Waals surface area contributed by atoms with E-state index >= 15 is 0 Å². The maximum absolute atomic E-state index is 13.8. The van der Waals surface area contributed by atoms with Gasteiger partial charge < -0.3 is 15.4 Å². The van der Waals surface area contributed by atoms with Crippen molar-refractivity contribution < 1.29 is 9.53 Å². The second-order valence-corrected chi connectivity index (χ2v) is 9.64. The van der Waals surface area contributed by atoms with Gasteiger partial charge in [-0.15, -0.1) is 0 Å². The summed E-state index contributed by atoms with van der Waals surface area (Å²) in [5.41, 5.74) is 7.36. The summed E-state index contributed by atoms with van der Waals surface area (Å²) >= 11 is 0. The van der Waals surface area contributed by atoms with Crippen LogP contribution < -0.4 is 15.4 Å². The first kappa shape index (κ1) is 23.2. The highest BCUT2D eigenvalue weighted by Gasteiger charge is 2.37. The lowest BCUT2D eigenvalue weighted by atomic mass is 9.78. The van der Waals surface area contributed by atoms with Gasteiger partial charge in [-0.3, -0.25) is 4.79 Å². The minimum Gasteiger partial charge on any atom is -0.490 e. The highest BCUT2D eigenvalue weighted by molar-refractivity contribution is 6.01. The number of benzene rings is 3. The number of allylic oxidation sites excluding steroid dienone is 1. The van der Waals surface area contributed by atoms with Crippen LogP contribution in [-0.2, 0) is 11.2 Å². The highest BCUT2D eigenvalue weighted by atomic mass is 16.5. The molecule has 1 aliphatic carbocycles. The number of rotatable bonds is 6. The van der Waals surface area contributed by atoms with Crippen LogP contribution in [0.25, 0.3) is 0 Å². The van der Waals surface area contributed by atoms with Crippen molar-refractivity contribution in [3.05, 3.63) is 101 Å². The van der Waals surface area contributed by atoms with E-state index in [1.165, 1.54) is 11.1 Å². The molecule has 0 aromatic heterocycles. The molecular formula is C31H34N2O2. The van der Waals surface area contributed by atoms with Crippen LogP contribution in [0.4, 0.5) is 11.4 Å². The minimum atomic E-state index is -0.280. The van der Waals surface area contributed by atoms with Crippen molar-refractivity contribution in [2.75, 3.05) is 10.6 Å². The molecule has 3 aromatic rings. The second kappa shape index (κ2) is 9.99. The molecule has 2 aliphatic rings. The van der Waals surface area contributed by atoms with Gasteiger partial charge in [-0.2, -0.15) is 0 Å². The van der Waals surface area contributed by atoms with Gasteiger partial charge in [0.1, 0.15) is 5.75 Å². The van der Waals surface area contributed by atoms with Crippen LogP contribution in [0.15, 0.2) is 84.1 Å². The van der Waals surface area contributed by atoms with E-state index in [0.717, 1.165) is 53.2 Å². The molecule has 3 atom stereocenters. The number of Topliss-reactive ketones (excluding diaryl/α,β-unsaturated/α-hetero) is 1. The normalized spacial score (nSPS) is 20.1. The van der Waals surface area contributed by atoms with Crippen LogP contribution in [0.2, 0.25) is 0 Å². The Kier molecular flexibility index (Phi) is 6.63.